The molecular weight excluding hydrogens is 237 g/mol. The van der Waals surface area contributed by atoms with Gasteiger partial charge < -0.3 is 8.99 Å². The van der Waals surface area contributed by atoms with Gasteiger partial charge in [-0.1, -0.05) is 67.8 Å². The minimum absolute atomic E-state index is 0.983. The normalized spacial score (nSPS) is 10.9. The fourth-order valence-electron chi connectivity index (χ4n) is 1.47. The molecular formula is C12H11NOPS-. The van der Waals surface area contributed by atoms with E-state index in [4.69, 9.17) is 4.78 Å². The van der Waals surface area contributed by atoms with Gasteiger partial charge in [0.1, 0.15) is 0 Å². The molecule has 0 aromatic heterocycles. The average Bonchev–Trinajstić information content (AvgIpc) is 2.31. The summed E-state index contributed by atoms with van der Waals surface area (Å²) in [5.41, 5.74) is 0. The number of nitrogens with one attached hydrogen (secondary N) is 1. The molecule has 2 nitrogen and oxygen atoms in total. The first-order chi connectivity index (χ1) is 7.79. The van der Waals surface area contributed by atoms with Crippen molar-refractivity contribution in [2.24, 2.45) is 0 Å². The summed E-state index contributed by atoms with van der Waals surface area (Å²) in [6.45, 7) is 0. The van der Waals surface area contributed by atoms with Crippen molar-refractivity contribution in [1.82, 2.24) is 0 Å². The molecule has 1 N–H and O–H groups in total. The summed E-state index contributed by atoms with van der Waals surface area (Å²) in [5.74, 6) is 0. The third kappa shape index (κ3) is 2.49. The van der Waals surface area contributed by atoms with Crippen LogP contribution in [0.15, 0.2) is 60.7 Å². The molecule has 0 unspecified atom stereocenters. The van der Waals surface area contributed by atoms with Crippen LogP contribution in [0.3, 0.4) is 0 Å². The van der Waals surface area contributed by atoms with Crippen molar-refractivity contribution < 1.29 is 4.21 Å². The summed E-state index contributed by atoms with van der Waals surface area (Å²) in [4.78, 5) is 0. The van der Waals surface area contributed by atoms with Gasteiger partial charge in [-0.15, -0.1) is 0 Å². The van der Waals surface area contributed by atoms with Gasteiger partial charge in [0.25, 0.3) is 0 Å². The molecule has 0 spiro atoms. The second-order valence-electron chi connectivity index (χ2n) is 3.21. The van der Waals surface area contributed by atoms with E-state index in [1.165, 1.54) is 0 Å². The van der Waals surface area contributed by atoms with E-state index in [-0.39, 0.29) is 0 Å². The van der Waals surface area contributed by atoms with Gasteiger partial charge in [0, 0.05) is 0 Å². The highest BCUT2D eigenvalue weighted by molar-refractivity contribution is 8.46. The second-order valence-corrected chi connectivity index (χ2v) is 7.42. The fraction of sp³-hybridized carbons (Fsp3) is 0. The van der Waals surface area contributed by atoms with E-state index >= 15 is 0 Å². The summed E-state index contributed by atoms with van der Waals surface area (Å²) < 4.78 is 19.1. The van der Waals surface area contributed by atoms with Gasteiger partial charge in [-0.3, -0.25) is 0 Å². The lowest BCUT2D eigenvalue weighted by Crippen LogP contribution is -2.11. The Labute approximate surface area is 97.8 Å². The van der Waals surface area contributed by atoms with Crippen molar-refractivity contribution in [2.45, 2.75) is 0 Å². The Morgan fingerprint density at radius 1 is 0.812 bits per heavy atom. The van der Waals surface area contributed by atoms with Gasteiger partial charge in [-0.05, 0) is 10.6 Å². The van der Waals surface area contributed by atoms with Gasteiger partial charge in [0.15, 0.2) is 0 Å². The SMILES string of the molecule is N=[S-](=O)P(c1ccccc1)c1ccccc1. The van der Waals surface area contributed by atoms with Crippen molar-refractivity contribution in [2.75, 3.05) is 0 Å². The van der Waals surface area contributed by atoms with Crippen LogP contribution in [0.4, 0.5) is 0 Å². The molecule has 2 aromatic rings. The molecule has 2 aromatic carbocycles. The quantitative estimate of drug-likeness (QED) is 0.658. The van der Waals surface area contributed by atoms with Crippen LogP contribution in [0.25, 0.3) is 0 Å². The van der Waals surface area contributed by atoms with E-state index in [0.717, 1.165) is 10.6 Å². The number of hydrogen-bond acceptors (Lipinski definition) is 3. The van der Waals surface area contributed by atoms with Gasteiger partial charge in [-0.25, -0.2) is 0 Å². The Morgan fingerprint density at radius 3 is 1.50 bits per heavy atom. The maximum atomic E-state index is 11.6. The minimum Gasteiger partial charge on any atom is -0.440 e. The lowest BCUT2D eigenvalue weighted by molar-refractivity contribution is 0.605. The van der Waals surface area contributed by atoms with Crippen molar-refractivity contribution >= 4 is 27.9 Å². The summed E-state index contributed by atoms with van der Waals surface area (Å²) in [6.07, 6.45) is 0. The molecule has 0 fully saturated rings. The third-order valence-electron chi connectivity index (χ3n) is 2.15. The molecule has 0 bridgehead atoms. The molecule has 0 heterocycles. The summed E-state index contributed by atoms with van der Waals surface area (Å²) >= 11 is 0. The Bertz CT molecular complexity index is 478. The zero-order valence-electron chi connectivity index (χ0n) is 8.54. The summed E-state index contributed by atoms with van der Waals surface area (Å²) in [6, 6.07) is 19.3. The van der Waals surface area contributed by atoms with Crippen LogP contribution >= 0.6 is 7.12 Å². The van der Waals surface area contributed by atoms with Gasteiger partial charge in [0.05, 0.1) is 0 Å². The fourth-order valence-corrected chi connectivity index (χ4v) is 4.91. The van der Waals surface area contributed by atoms with Crippen molar-refractivity contribution in [3.05, 3.63) is 60.7 Å². The zero-order valence-corrected chi connectivity index (χ0v) is 10.2. The maximum absolute atomic E-state index is 11.6. The van der Waals surface area contributed by atoms with Gasteiger partial charge >= 0.3 is 0 Å². The highest BCUT2D eigenvalue weighted by Gasteiger charge is 2.05. The molecule has 0 saturated heterocycles. The Morgan fingerprint density at radius 2 is 1.19 bits per heavy atom. The molecule has 0 aliphatic carbocycles. The molecule has 4 heteroatoms. The van der Waals surface area contributed by atoms with Crippen LogP contribution in [-0.4, -0.2) is 0 Å². The van der Waals surface area contributed by atoms with Crippen LogP contribution in [-0.2, 0) is 14.4 Å². The predicted molar refractivity (Wildman–Crippen MR) is 69.8 cm³/mol. The molecule has 0 aliphatic rings. The Balaban J connectivity index is 2.48. The topological polar surface area (TPSA) is 40.9 Å². The van der Waals surface area contributed by atoms with E-state index in [2.05, 4.69) is 0 Å². The molecule has 16 heavy (non-hydrogen) atoms. The van der Waals surface area contributed by atoms with Crippen LogP contribution in [0.2, 0.25) is 0 Å². The molecule has 2 rings (SSSR count). The molecule has 0 atom stereocenters. The largest absolute Gasteiger partial charge is 0.440 e. The highest BCUT2D eigenvalue weighted by atomic mass is 32.7. The third-order valence-corrected chi connectivity index (χ3v) is 6.27. The maximum Gasteiger partial charge on any atom is -0.0370 e. The summed E-state index contributed by atoms with van der Waals surface area (Å²) in [5, 5.41) is 1.97. The Kier molecular flexibility index (Phi) is 3.70. The lowest BCUT2D eigenvalue weighted by Gasteiger charge is -2.21. The number of hydrogen-bond donors (Lipinski definition) is 1. The van der Waals surface area contributed by atoms with E-state index in [0.29, 0.717) is 0 Å². The van der Waals surface area contributed by atoms with Gasteiger partial charge in [0.2, 0.25) is 0 Å². The molecule has 0 radical (unpaired) electrons. The predicted octanol–water partition coefficient (Wildman–Crippen LogP) is 2.76. The zero-order chi connectivity index (χ0) is 11.4. The first-order valence-electron chi connectivity index (χ1n) is 4.82. The van der Waals surface area contributed by atoms with Crippen LogP contribution < -0.4 is 10.6 Å². The first-order valence-corrected chi connectivity index (χ1v) is 7.92. The average molecular weight is 248 g/mol. The Hall–Kier alpha value is -1.18. The molecule has 0 saturated carbocycles. The van der Waals surface area contributed by atoms with Crippen LogP contribution in [0, 0.1) is 4.78 Å². The van der Waals surface area contributed by atoms with E-state index in [1.54, 1.807) is 0 Å². The summed E-state index contributed by atoms with van der Waals surface area (Å²) in [7, 11) is -2.66. The minimum atomic E-state index is -1.59. The van der Waals surface area contributed by atoms with Crippen molar-refractivity contribution in [1.29, 1.82) is 4.78 Å². The molecule has 0 amide bonds. The van der Waals surface area contributed by atoms with E-state index < -0.39 is 17.3 Å². The van der Waals surface area contributed by atoms with Crippen molar-refractivity contribution in [3.63, 3.8) is 0 Å². The monoisotopic (exact) mass is 248 g/mol. The van der Waals surface area contributed by atoms with Crippen LogP contribution in [0.1, 0.15) is 0 Å². The highest BCUT2D eigenvalue weighted by Crippen LogP contribution is 2.34. The number of rotatable bonds is 3. The number of benzene rings is 2. The van der Waals surface area contributed by atoms with Crippen molar-refractivity contribution in [3.8, 4) is 0 Å². The smallest absolute Gasteiger partial charge is 0.0370 e. The lowest BCUT2D eigenvalue weighted by atomic mass is 10.4. The van der Waals surface area contributed by atoms with Gasteiger partial charge in [-0.2, -0.15) is 10.2 Å². The molecule has 0 aliphatic heterocycles. The van der Waals surface area contributed by atoms with E-state index in [9.17, 15) is 4.21 Å². The molecule has 82 valence electrons. The first kappa shape index (κ1) is 11.3. The van der Waals surface area contributed by atoms with E-state index in [1.807, 2.05) is 60.7 Å². The second kappa shape index (κ2) is 5.24. The van der Waals surface area contributed by atoms with Crippen LogP contribution in [0.5, 0.6) is 0 Å². The standard InChI is InChI=1S/C12H11NOPS/c13-16(14)15(11-7-3-1-4-8-11)12-9-5-2-6-10-12/h1-10,13H/q-1.